The maximum Gasteiger partial charge on any atom is 0.134 e. The number of fused-ring (bicyclic) bond motifs is 1. The number of rotatable bonds is 4. The Morgan fingerprint density at radius 3 is 2.95 bits per heavy atom. The fourth-order valence-corrected chi connectivity index (χ4v) is 2.62. The van der Waals surface area contributed by atoms with Gasteiger partial charge in [-0.15, -0.1) is 0 Å². The van der Waals surface area contributed by atoms with E-state index in [4.69, 9.17) is 9.47 Å². The third-order valence-electron chi connectivity index (χ3n) is 3.97. The molecule has 3 nitrogen and oxygen atoms in total. The van der Waals surface area contributed by atoms with E-state index in [9.17, 15) is 4.39 Å². The molecule has 0 radical (unpaired) electrons. The van der Waals surface area contributed by atoms with Gasteiger partial charge in [0.15, 0.2) is 0 Å². The van der Waals surface area contributed by atoms with E-state index in [-0.39, 0.29) is 18.0 Å². The van der Waals surface area contributed by atoms with Crippen molar-refractivity contribution in [2.75, 3.05) is 13.7 Å². The van der Waals surface area contributed by atoms with Crippen molar-refractivity contribution in [3.05, 3.63) is 29.6 Å². The van der Waals surface area contributed by atoms with Crippen LogP contribution in [0, 0.1) is 5.82 Å². The summed E-state index contributed by atoms with van der Waals surface area (Å²) in [6, 6.07) is 4.90. The minimum atomic E-state index is -0.456. The van der Waals surface area contributed by atoms with Gasteiger partial charge in [-0.3, -0.25) is 0 Å². The van der Waals surface area contributed by atoms with Gasteiger partial charge in [-0.25, -0.2) is 4.39 Å². The minimum absolute atomic E-state index is 0.0647. The van der Waals surface area contributed by atoms with Crippen LogP contribution in [-0.2, 0) is 4.74 Å². The summed E-state index contributed by atoms with van der Waals surface area (Å²) in [5, 5.41) is 3.44. The first-order valence-corrected chi connectivity index (χ1v) is 6.75. The molecule has 0 saturated heterocycles. The van der Waals surface area contributed by atoms with Crippen molar-refractivity contribution in [2.45, 2.75) is 44.9 Å². The number of ether oxygens (including phenoxy) is 2. The van der Waals surface area contributed by atoms with Gasteiger partial charge in [0.2, 0.25) is 0 Å². The lowest BCUT2D eigenvalue weighted by Gasteiger charge is -2.43. The molecule has 0 amide bonds. The highest BCUT2D eigenvalue weighted by molar-refractivity contribution is 5.39. The molecule has 1 heterocycles. The molecule has 1 aliphatic heterocycles. The third-order valence-corrected chi connectivity index (χ3v) is 3.97. The maximum absolute atomic E-state index is 13.4. The molecule has 4 heteroatoms. The number of hydrogen-bond acceptors (Lipinski definition) is 3. The van der Waals surface area contributed by atoms with Crippen LogP contribution in [0.2, 0.25) is 0 Å². The molecule has 0 spiro atoms. The topological polar surface area (TPSA) is 30.5 Å². The summed E-state index contributed by atoms with van der Waals surface area (Å²) in [5.74, 6) is 0.340. The number of methoxy groups -OCH3 is 1. The number of halogens is 1. The maximum atomic E-state index is 13.4. The van der Waals surface area contributed by atoms with Gasteiger partial charge in [0.05, 0.1) is 6.10 Å². The predicted octanol–water partition coefficient (Wildman–Crippen LogP) is 3.05. The van der Waals surface area contributed by atoms with E-state index >= 15 is 0 Å². The Kier molecular flexibility index (Phi) is 4.11. The zero-order chi connectivity index (χ0) is 14.0. The molecule has 0 fully saturated rings. The molecule has 1 aromatic rings. The number of nitrogens with one attached hydrogen (secondary N) is 1. The standard InChI is InChI=1S/C15H22FNO2/c1-5-17-13-9-15(3,10(2)18-4)19-14-8-11(16)6-7-12(13)14/h6-8,10,13,17H,5,9H2,1-4H3. The van der Waals surface area contributed by atoms with Gasteiger partial charge in [-0.05, 0) is 26.5 Å². The Balaban J connectivity index is 2.38. The fourth-order valence-electron chi connectivity index (χ4n) is 2.62. The molecule has 1 aromatic carbocycles. The van der Waals surface area contributed by atoms with Crippen LogP contribution in [0.25, 0.3) is 0 Å². The Bertz CT molecular complexity index is 452. The molecule has 3 atom stereocenters. The van der Waals surface area contributed by atoms with Crippen LogP contribution < -0.4 is 10.1 Å². The molecule has 0 saturated carbocycles. The van der Waals surface area contributed by atoms with Crippen molar-refractivity contribution in [3.63, 3.8) is 0 Å². The second-order valence-corrected chi connectivity index (χ2v) is 5.29. The van der Waals surface area contributed by atoms with Crippen molar-refractivity contribution in [2.24, 2.45) is 0 Å². The van der Waals surface area contributed by atoms with Gasteiger partial charge in [0, 0.05) is 31.2 Å². The highest BCUT2D eigenvalue weighted by Crippen LogP contribution is 2.41. The van der Waals surface area contributed by atoms with Gasteiger partial charge in [-0.1, -0.05) is 13.0 Å². The molecule has 106 valence electrons. The normalized spacial score (nSPS) is 27.5. The zero-order valence-electron chi connectivity index (χ0n) is 12.0. The first-order chi connectivity index (χ1) is 9.00. The Morgan fingerprint density at radius 2 is 2.32 bits per heavy atom. The average molecular weight is 267 g/mol. The lowest BCUT2D eigenvalue weighted by molar-refractivity contribution is -0.0732. The molecule has 3 unspecified atom stereocenters. The summed E-state index contributed by atoms with van der Waals surface area (Å²) >= 11 is 0. The number of hydrogen-bond donors (Lipinski definition) is 1. The lowest BCUT2D eigenvalue weighted by atomic mass is 9.85. The second-order valence-electron chi connectivity index (χ2n) is 5.29. The third kappa shape index (κ3) is 2.74. The minimum Gasteiger partial charge on any atom is -0.484 e. The van der Waals surface area contributed by atoms with Crippen LogP contribution >= 0.6 is 0 Å². The second kappa shape index (κ2) is 5.47. The highest BCUT2D eigenvalue weighted by Gasteiger charge is 2.41. The van der Waals surface area contributed by atoms with Crippen molar-refractivity contribution >= 4 is 0 Å². The van der Waals surface area contributed by atoms with Crippen molar-refractivity contribution in [3.8, 4) is 5.75 Å². The molecule has 0 bridgehead atoms. The zero-order valence-corrected chi connectivity index (χ0v) is 12.0. The summed E-state index contributed by atoms with van der Waals surface area (Å²) < 4.78 is 24.9. The van der Waals surface area contributed by atoms with E-state index in [1.165, 1.54) is 12.1 Å². The molecule has 1 aliphatic rings. The predicted molar refractivity (Wildman–Crippen MR) is 72.9 cm³/mol. The molecule has 19 heavy (non-hydrogen) atoms. The smallest absolute Gasteiger partial charge is 0.134 e. The summed E-state index contributed by atoms with van der Waals surface area (Å²) in [6.45, 7) is 6.92. The molecule has 0 aliphatic carbocycles. The summed E-state index contributed by atoms with van der Waals surface area (Å²) in [7, 11) is 1.67. The van der Waals surface area contributed by atoms with Gasteiger partial charge in [0.1, 0.15) is 17.2 Å². The summed E-state index contributed by atoms with van der Waals surface area (Å²) in [5.41, 5.74) is 0.562. The van der Waals surface area contributed by atoms with Crippen molar-refractivity contribution in [1.82, 2.24) is 5.32 Å². The average Bonchev–Trinajstić information content (AvgIpc) is 2.37. The van der Waals surface area contributed by atoms with E-state index in [0.717, 1.165) is 18.5 Å². The molecule has 0 aromatic heterocycles. The number of benzene rings is 1. The van der Waals surface area contributed by atoms with Crippen LogP contribution in [0.3, 0.4) is 0 Å². The van der Waals surface area contributed by atoms with E-state index in [1.807, 2.05) is 13.8 Å². The quantitative estimate of drug-likeness (QED) is 0.909. The van der Waals surface area contributed by atoms with Crippen LogP contribution in [0.4, 0.5) is 4.39 Å². The molecular formula is C15H22FNO2. The van der Waals surface area contributed by atoms with E-state index in [0.29, 0.717) is 5.75 Å². The van der Waals surface area contributed by atoms with Crippen molar-refractivity contribution in [1.29, 1.82) is 0 Å². The molecule has 2 rings (SSSR count). The van der Waals surface area contributed by atoms with E-state index in [1.54, 1.807) is 13.2 Å². The van der Waals surface area contributed by atoms with Crippen molar-refractivity contribution < 1.29 is 13.9 Å². The van der Waals surface area contributed by atoms with E-state index in [2.05, 4.69) is 12.2 Å². The highest BCUT2D eigenvalue weighted by atomic mass is 19.1. The molecule has 1 N–H and O–H groups in total. The SMILES string of the molecule is CCNC1CC(C)(C(C)OC)Oc2cc(F)ccc21. The van der Waals surface area contributed by atoms with Gasteiger partial charge >= 0.3 is 0 Å². The largest absolute Gasteiger partial charge is 0.484 e. The van der Waals surface area contributed by atoms with Crippen LogP contribution in [-0.4, -0.2) is 25.4 Å². The first-order valence-electron chi connectivity index (χ1n) is 6.75. The Morgan fingerprint density at radius 1 is 1.58 bits per heavy atom. The lowest BCUT2D eigenvalue weighted by Crippen LogP contribution is -2.49. The summed E-state index contributed by atoms with van der Waals surface area (Å²) in [6.07, 6.45) is 0.735. The Hall–Kier alpha value is -1.13. The van der Waals surface area contributed by atoms with E-state index < -0.39 is 5.60 Å². The fraction of sp³-hybridized carbons (Fsp3) is 0.600. The van der Waals surface area contributed by atoms with Crippen LogP contribution in [0.15, 0.2) is 18.2 Å². The first kappa shape index (κ1) is 14.3. The van der Waals surface area contributed by atoms with Gasteiger partial charge in [-0.2, -0.15) is 0 Å². The molecular weight excluding hydrogens is 245 g/mol. The van der Waals surface area contributed by atoms with Crippen LogP contribution in [0.1, 0.15) is 38.8 Å². The Labute approximate surface area is 114 Å². The van der Waals surface area contributed by atoms with Crippen LogP contribution in [0.5, 0.6) is 5.75 Å². The van der Waals surface area contributed by atoms with Gasteiger partial charge < -0.3 is 14.8 Å². The monoisotopic (exact) mass is 267 g/mol. The van der Waals surface area contributed by atoms with Gasteiger partial charge in [0.25, 0.3) is 0 Å². The summed E-state index contributed by atoms with van der Waals surface area (Å²) in [4.78, 5) is 0.